The molecule has 0 aliphatic heterocycles. The Morgan fingerprint density at radius 1 is 1.35 bits per heavy atom. The summed E-state index contributed by atoms with van der Waals surface area (Å²) < 4.78 is 35.2. The van der Waals surface area contributed by atoms with Crippen LogP contribution in [-0.2, 0) is 19.6 Å². The minimum absolute atomic E-state index is 0.277. The van der Waals surface area contributed by atoms with E-state index in [4.69, 9.17) is 9.47 Å². The van der Waals surface area contributed by atoms with Crippen molar-refractivity contribution in [3.8, 4) is 5.75 Å². The van der Waals surface area contributed by atoms with Gasteiger partial charge in [-0.25, -0.2) is 8.42 Å². The summed E-state index contributed by atoms with van der Waals surface area (Å²) in [6, 6.07) is 6.57. The summed E-state index contributed by atoms with van der Waals surface area (Å²) in [7, 11) is -2.09. The maximum atomic E-state index is 12.0. The van der Waals surface area contributed by atoms with Crippen molar-refractivity contribution in [1.82, 2.24) is 5.32 Å². The summed E-state index contributed by atoms with van der Waals surface area (Å²) in [6.07, 6.45) is 1.74. The average molecular weight is 344 g/mol. The number of rotatable bonds is 10. The number of amides is 1. The van der Waals surface area contributed by atoms with Crippen molar-refractivity contribution in [2.45, 2.75) is 13.3 Å². The molecule has 0 spiro atoms. The van der Waals surface area contributed by atoms with Gasteiger partial charge in [0.25, 0.3) is 0 Å². The van der Waals surface area contributed by atoms with Crippen LogP contribution in [0.1, 0.15) is 13.3 Å². The Bertz CT molecular complexity index is 604. The summed E-state index contributed by atoms with van der Waals surface area (Å²) >= 11 is 0. The molecule has 0 radical (unpaired) electrons. The van der Waals surface area contributed by atoms with E-state index in [9.17, 15) is 13.2 Å². The zero-order chi connectivity index (χ0) is 17.3. The zero-order valence-electron chi connectivity index (χ0n) is 13.7. The highest BCUT2D eigenvalue weighted by atomic mass is 32.2. The van der Waals surface area contributed by atoms with Crippen LogP contribution < -0.4 is 14.4 Å². The lowest BCUT2D eigenvalue weighted by molar-refractivity contribution is -0.119. The molecule has 1 rings (SSSR count). The number of sulfonamides is 1. The number of hydrogen-bond donors (Lipinski definition) is 1. The van der Waals surface area contributed by atoms with Crippen molar-refractivity contribution in [1.29, 1.82) is 0 Å². The molecule has 23 heavy (non-hydrogen) atoms. The fraction of sp³-hybridized carbons (Fsp3) is 0.533. The first kappa shape index (κ1) is 19.2. The molecular formula is C15H24N2O5S. The van der Waals surface area contributed by atoms with Crippen LogP contribution in [0.2, 0.25) is 0 Å². The van der Waals surface area contributed by atoms with Crippen molar-refractivity contribution in [3.05, 3.63) is 24.3 Å². The topological polar surface area (TPSA) is 84.9 Å². The second kappa shape index (κ2) is 9.36. The van der Waals surface area contributed by atoms with Gasteiger partial charge in [-0.15, -0.1) is 0 Å². The third-order valence-corrected chi connectivity index (χ3v) is 4.16. The van der Waals surface area contributed by atoms with Crippen LogP contribution in [-0.4, -0.2) is 54.0 Å². The van der Waals surface area contributed by atoms with Gasteiger partial charge in [-0.05, 0) is 25.5 Å². The van der Waals surface area contributed by atoms with E-state index in [0.29, 0.717) is 37.6 Å². The van der Waals surface area contributed by atoms with E-state index in [-0.39, 0.29) is 12.5 Å². The van der Waals surface area contributed by atoms with Gasteiger partial charge in [0.1, 0.15) is 12.3 Å². The highest BCUT2D eigenvalue weighted by molar-refractivity contribution is 7.92. The molecule has 0 aliphatic rings. The molecule has 0 fully saturated rings. The SMILES string of the molecule is CCOCCCNC(=O)CN(c1cccc(OC)c1)S(C)(=O)=O. The number of ether oxygens (including phenoxy) is 2. The fourth-order valence-corrected chi connectivity index (χ4v) is 2.75. The van der Waals surface area contributed by atoms with Crippen LogP contribution in [0.15, 0.2) is 24.3 Å². The van der Waals surface area contributed by atoms with E-state index in [2.05, 4.69) is 5.32 Å². The van der Waals surface area contributed by atoms with Gasteiger partial charge in [-0.2, -0.15) is 0 Å². The van der Waals surface area contributed by atoms with Gasteiger partial charge < -0.3 is 14.8 Å². The number of carbonyl (C=O) groups excluding carboxylic acids is 1. The first-order valence-corrected chi connectivity index (χ1v) is 9.19. The number of nitrogens with zero attached hydrogens (tertiary/aromatic N) is 1. The highest BCUT2D eigenvalue weighted by Gasteiger charge is 2.21. The molecule has 1 aromatic carbocycles. The van der Waals surface area contributed by atoms with Gasteiger partial charge >= 0.3 is 0 Å². The summed E-state index contributed by atoms with van der Waals surface area (Å²) in [4.78, 5) is 12.0. The first-order chi connectivity index (χ1) is 10.9. The quantitative estimate of drug-likeness (QED) is 0.640. The molecule has 0 saturated carbocycles. The average Bonchev–Trinajstić information content (AvgIpc) is 2.51. The largest absolute Gasteiger partial charge is 0.497 e. The van der Waals surface area contributed by atoms with Crippen LogP contribution in [0.25, 0.3) is 0 Å². The minimum Gasteiger partial charge on any atom is -0.497 e. The molecule has 130 valence electrons. The molecule has 0 atom stereocenters. The van der Waals surface area contributed by atoms with E-state index in [1.165, 1.54) is 7.11 Å². The number of benzene rings is 1. The van der Waals surface area contributed by atoms with Crippen LogP contribution in [0, 0.1) is 0 Å². The Morgan fingerprint density at radius 2 is 2.09 bits per heavy atom. The van der Waals surface area contributed by atoms with Gasteiger partial charge in [-0.3, -0.25) is 9.10 Å². The third-order valence-electron chi connectivity index (χ3n) is 3.02. The van der Waals surface area contributed by atoms with Crippen LogP contribution in [0.4, 0.5) is 5.69 Å². The Kier molecular flexibility index (Phi) is 7.84. The first-order valence-electron chi connectivity index (χ1n) is 7.34. The Hall–Kier alpha value is -1.80. The van der Waals surface area contributed by atoms with Crippen molar-refractivity contribution in [3.63, 3.8) is 0 Å². The maximum absolute atomic E-state index is 12.0. The molecule has 1 N–H and O–H groups in total. The molecule has 0 aromatic heterocycles. The fourth-order valence-electron chi connectivity index (χ4n) is 1.90. The molecule has 8 heteroatoms. The molecule has 0 bridgehead atoms. The second-order valence-corrected chi connectivity index (χ2v) is 6.78. The second-order valence-electron chi connectivity index (χ2n) is 4.87. The molecule has 0 aliphatic carbocycles. The predicted octanol–water partition coefficient (Wildman–Crippen LogP) is 1.00. The molecule has 0 saturated heterocycles. The van der Waals surface area contributed by atoms with Gasteiger partial charge in [0.2, 0.25) is 15.9 Å². The summed E-state index contributed by atoms with van der Waals surface area (Å²) in [6.45, 7) is 3.25. The van der Waals surface area contributed by atoms with Crippen LogP contribution >= 0.6 is 0 Å². The Morgan fingerprint density at radius 3 is 2.70 bits per heavy atom. The third kappa shape index (κ3) is 6.87. The van der Waals surface area contributed by atoms with E-state index in [1.54, 1.807) is 24.3 Å². The van der Waals surface area contributed by atoms with Gasteiger partial charge in [0.15, 0.2) is 0 Å². The van der Waals surface area contributed by atoms with Crippen molar-refractivity contribution in [2.75, 3.05) is 44.0 Å². The smallest absolute Gasteiger partial charge is 0.240 e. The lowest BCUT2D eigenvalue weighted by Gasteiger charge is -2.22. The molecule has 1 aromatic rings. The molecule has 1 amide bonds. The lowest BCUT2D eigenvalue weighted by atomic mass is 10.3. The van der Waals surface area contributed by atoms with Crippen molar-refractivity contribution >= 4 is 21.6 Å². The van der Waals surface area contributed by atoms with Crippen LogP contribution in [0.5, 0.6) is 5.75 Å². The number of carbonyl (C=O) groups is 1. The standard InChI is InChI=1S/C15H24N2O5S/c1-4-22-10-6-9-16-15(18)12-17(23(3,19)20)13-7-5-8-14(11-13)21-2/h5,7-8,11H,4,6,9-10,12H2,1-3H3,(H,16,18). The van der Waals surface area contributed by atoms with E-state index < -0.39 is 10.0 Å². The maximum Gasteiger partial charge on any atom is 0.240 e. The number of hydrogen-bond acceptors (Lipinski definition) is 5. The van der Waals surface area contributed by atoms with Gasteiger partial charge in [-0.1, -0.05) is 6.07 Å². The minimum atomic E-state index is -3.58. The molecular weight excluding hydrogens is 320 g/mol. The zero-order valence-corrected chi connectivity index (χ0v) is 14.6. The summed E-state index contributed by atoms with van der Waals surface area (Å²) in [5.41, 5.74) is 0.385. The Balaban J connectivity index is 2.71. The molecule has 0 heterocycles. The molecule has 7 nitrogen and oxygen atoms in total. The molecule has 0 unspecified atom stereocenters. The Labute approximate surface area is 137 Å². The van der Waals surface area contributed by atoms with Crippen molar-refractivity contribution in [2.24, 2.45) is 0 Å². The summed E-state index contributed by atoms with van der Waals surface area (Å²) in [5, 5.41) is 2.69. The highest BCUT2D eigenvalue weighted by Crippen LogP contribution is 2.22. The monoisotopic (exact) mass is 344 g/mol. The van der Waals surface area contributed by atoms with E-state index in [0.717, 1.165) is 10.6 Å². The van der Waals surface area contributed by atoms with Gasteiger partial charge in [0, 0.05) is 25.8 Å². The van der Waals surface area contributed by atoms with Gasteiger partial charge in [0.05, 0.1) is 19.1 Å². The normalized spacial score (nSPS) is 11.1. The number of anilines is 1. The number of methoxy groups -OCH3 is 1. The van der Waals surface area contributed by atoms with Crippen LogP contribution in [0.3, 0.4) is 0 Å². The lowest BCUT2D eigenvalue weighted by Crippen LogP contribution is -2.40. The predicted molar refractivity (Wildman–Crippen MR) is 89.3 cm³/mol. The van der Waals surface area contributed by atoms with Crippen molar-refractivity contribution < 1.29 is 22.7 Å². The van der Waals surface area contributed by atoms with E-state index >= 15 is 0 Å². The van der Waals surface area contributed by atoms with E-state index in [1.807, 2.05) is 6.92 Å². The number of nitrogens with one attached hydrogen (secondary N) is 1. The summed E-state index contributed by atoms with van der Waals surface area (Å²) in [5.74, 6) is 0.156.